The van der Waals surface area contributed by atoms with E-state index in [4.69, 9.17) is 0 Å². The lowest BCUT2D eigenvalue weighted by molar-refractivity contribution is 0.208. The minimum atomic E-state index is 0.172. The smallest absolute Gasteiger partial charge is 0.0654 e. The second-order valence-corrected chi connectivity index (χ2v) is 6.20. The molecule has 0 saturated heterocycles. The third-order valence-electron chi connectivity index (χ3n) is 4.96. The van der Waals surface area contributed by atoms with Crippen LogP contribution >= 0.6 is 0 Å². The first-order valence-electron chi connectivity index (χ1n) is 7.26. The Balaban J connectivity index is 1.97. The van der Waals surface area contributed by atoms with Crippen LogP contribution < -0.4 is 0 Å². The van der Waals surface area contributed by atoms with Crippen LogP contribution in [-0.4, -0.2) is 40.8 Å². The zero-order valence-corrected chi connectivity index (χ0v) is 12.0. The molecule has 0 saturated carbocycles. The number of hydrogen-bond acceptors (Lipinski definition) is 2. The quantitative estimate of drug-likeness (QED) is 0.802. The molecule has 1 aromatic heterocycles. The number of aromatic nitrogens is 1. The van der Waals surface area contributed by atoms with Crippen molar-refractivity contribution in [1.29, 1.82) is 0 Å². The van der Waals surface area contributed by atoms with Crippen LogP contribution in [0.2, 0.25) is 0 Å². The molecule has 104 valence electrons. The predicted molar refractivity (Wildman–Crippen MR) is 81.0 cm³/mol. The zero-order chi connectivity index (χ0) is 13.9. The lowest BCUT2D eigenvalue weighted by Gasteiger charge is -2.41. The molecule has 1 aliphatic carbocycles. The van der Waals surface area contributed by atoms with E-state index < -0.39 is 0 Å². The molecule has 0 bridgehead atoms. The number of nitrogens with zero attached hydrogens (tertiary/aromatic N) is 2. The van der Waals surface area contributed by atoms with Crippen LogP contribution in [0.5, 0.6) is 0 Å². The molecule has 0 amide bonds. The molecule has 2 aliphatic rings. The Labute approximate surface area is 119 Å². The number of aliphatic hydroxyl groups is 1. The summed E-state index contributed by atoms with van der Waals surface area (Å²) in [5.41, 5.74) is 5.35. The Kier molecular flexibility index (Phi) is 2.56. The van der Waals surface area contributed by atoms with Crippen molar-refractivity contribution in [1.82, 2.24) is 9.47 Å². The normalized spacial score (nSPS) is 25.6. The van der Waals surface area contributed by atoms with Gasteiger partial charge >= 0.3 is 0 Å². The summed E-state index contributed by atoms with van der Waals surface area (Å²) in [4.78, 5) is 2.39. The summed E-state index contributed by atoms with van der Waals surface area (Å²) in [6.07, 6.45) is 5.68. The summed E-state index contributed by atoms with van der Waals surface area (Å²) in [6, 6.07) is 7.13. The number of rotatable bonds is 1. The van der Waals surface area contributed by atoms with Gasteiger partial charge in [-0.2, -0.15) is 0 Å². The van der Waals surface area contributed by atoms with E-state index in [1.165, 1.54) is 22.0 Å². The Morgan fingerprint density at radius 2 is 2.15 bits per heavy atom. The first-order valence-corrected chi connectivity index (χ1v) is 7.26. The molecule has 0 spiro atoms. The highest BCUT2D eigenvalue weighted by molar-refractivity contribution is 5.89. The van der Waals surface area contributed by atoms with E-state index in [0.29, 0.717) is 12.0 Å². The van der Waals surface area contributed by atoms with E-state index in [9.17, 15) is 5.11 Å². The molecule has 4 rings (SSSR count). The summed E-state index contributed by atoms with van der Waals surface area (Å²) in [7, 11) is 4.30. The highest BCUT2D eigenvalue weighted by atomic mass is 16.3. The van der Waals surface area contributed by atoms with Gasteiger partial charge in [-0.15, -0.1) is 0 Å². The topological polar surface area (TPSA) is 28.4 Å². The van der Waals surface area contributed by atoms with Crippen LogP contribution in [0.4, 0.5) is 0 Å². The van der Waals surface area contributed by atoms with Gasteiger partial charge in [0.15, 0.2) is 0 Å². The van der Waals surface area contributed by atoms with Crippen molar-refractivity contribution in [3.05, 3.63) is 47.2 Å². The second-order valence-electron chi connectivity index (χ2n) is 6.20. The molecular formula is C17H20N2O. The summed E-state index contributed by atoms with van der Waals surface area (Å²) in [5, 5.41) is 10.9. The van der Waals surface area contributed by atoms with E-state index in [-0.39, 0.29) is 6.61 Å². The molecule has 20 heavy (non-hydrogen) atoms. The summed E-state index contributed by atoms with van der Waals surface area (Å²) in [6.45, 7) is 1.06. The average Bonchev–Trinajstić information content (AvgIpc) is 2.78. The van der Waals surface area contributed by atoms with E-state index in [2.05, 4.69) is 54.0 Å². The maximum atomic E-state index is 9.49. The molecule has 1 N–H and O–H groups in total. The fourth-order valence-corrected chi connectivity index (χ4v) is 4.04. The third-order valence-corrected chi connectivity index (χ3v) is 4.96. The number of aryl methyl sites for hydroxylation is 1. The first-order chi connectivity index (χ1) is 9.69. The van der Waals surface area contributed by atoms with Crippen LogP contribution in [0.15, 0.2) is 36.0 Å². The number of benzene rings is 1. The Bertz CT molecular complexity index is 713. The van der Waals surface area contributed by atoms with Crippen molar-refractivity contribution in [2.75, 3.05) is 20.2 Å². The first kappa shape index (κ1) is 12.2. The van der Waals surface area contributed by atoms with Crippen molar-refractivity contribution < 1.29 is 5.11 Å². The highest BCUT2D eigenvalue weighted by Crippen LogP contribution is 2.42. The molecule has 3 nitrogen and oxygen atoms in total. The van der Waals surface area contributed by atoms with Gasteiger partial charge < -0.3 is 9.67 Å². The van der Waals surface area contributed by atoms with Crippen LogP contribution in [-0.2, 0) is 13.5 Å². The van der Waals surface area contributed by atoms with E-state index in [0.717, 1.165) is 18.5 Å². The van der Waals surface area contributed by atoms with Gasteiger partial charge in [0.1, 0.15) is 0 Å². The van der Waals surface area contributed by atoms with Crippen LogP contribution in [0.3, 0.4) is 0 Å². The van der Waals surface area contributed by atoms with E-state index in [1.54, 1.807) is 0 Å². The van der Waals surface area contributed by atoms with Gasteiger partial charge in [0.2, 0.25) is 0 Å². The van der Waals surface area contributed by atoms with Gasteiger partial charge in [0.25, 0.3) is 0 Å². The number of fused-ring (bicyclic) bond motifs is 2. The molecule has 3 heteroatoms. The van der Waals surface area contributed by atoms with Gasteiger partial charge in [-0.05, 0) is 36.2 Å². The van der Waals surface area contributed by atoms with Crippen LogP contribution in [0, 0.1) is 0 Å². The number of hydrogen-bond donors (Lipinski definition) is 1. The van der Waals surface area contributed by atoms with Gasteiger partial charge in [-0.1, -0.05) is 18.2 Å². The number of likely N-dealkylation sites (N-methyl/N-ethyl adjacent to an activating group) is 1. The Hall–Kier alpha value is -1.58. The van der Waals surface area contributed by atoms with Gasteiger partial charge in [0, 0.05) is 42.7 Å². The fraction of sp³-hybridized carbons (Fsp3) is 0.412. The molecule has 1 aromatic carbocycles. The van der Waals surface area contributed by atoms with Crippen LogP contribution in [0.1, 0.15) is 17.0 Å². The summed E-state index contributed by atoms with van der Waals surface area (Å²) < 4.78 is 2.24. The molecule has 1 aliphatic heterocycles. The minimum Gasteiger partial charge on any atom is -0.392 e. The van der Waals surface area contributed by atoms with Crippen LogP contribution in [0.25, 0.3) is 10.9 Å². The lowest BCUT2D eigenvalue weighted by atomic mass is 9.77. The van der Waals surface area contributed by atoms with E-state index >= 15 is 0 Å². The van der Waals surface area contributed by atoms with Gasteiger partial charge in [-0.25, -0.2) is 0 Å². The van der Waals surface area contributed by atoms with E-state index in [1.807, 2.05) is 0 Å². The van der Waals surface area contributed by atoms with Crippen molar-refractivity contribution in [3.8, 4) is 0 Å². The summed E-state index contributed by atoms with van der Waals surface area (Å²) >= 11 is 0. The number of aliphatic hydroxyl groups excluding tert-OH is 1. The molecule has 0 radical (unpaired) electrons. The molecule has 2 atom stereocenters. The monoisotopic (exact) mass is 268 g/mol. The maximum absolute atomic E-state index is 9.49. The molecular weight excluding hydrogens is 248 g/mol. The summed E-state index contributed by atoms with van der Waals surface area (Å²) in [5.74, 6) is 0.412. The Morgan fingerprint density at radius 3 is 2.95 bits per heavy atom. The van der Waals surface area contributed by atoms with Crippen molar-refractivity contribution in [2.45, 2.75) is 18.4 Å². The second kappa shape index (κ2) is 4.21. The van der Waals surface area contributed by atoms with Gasteiger partial charge in [-0.3, -0.25) is 4.90 Å². The molecule has 2 aromatic rings. The molecule has 2 heterocycles. The largest absolute Gasteiger partial charge is 0.392 e. The standard InChI is InChI=1S/C17H20N2O/c1-18-8-11(10-20)6-14-13-4-3-5-15-17(13)12(7-16(14)18)9-19(15)2/h3-6,9,14,16,20H,7-8,10H2,1-2H3/t14-,16-/m1/s1. The van der Waals surface area contributed by atoms with Gasteiger partial charge in [0.05, 0.1) is 6.61 Å². The lowest BCUT2D eigenvalue weighted by Crippen LogP contribution is -2.44. The zero-order valence-electron chi connectivity index (χ0n) is 12.0. The molecule has 0 fully saturated rings. The maximum Gasteiger partial charge on any atom is 0.0654 e. The van der Waals surface area contributed by atoms with Crippen molar-refractivity contribution >= 4 is 10.9 Å². The van der Waals surface area contributed by atoms with Crippen molar-refractivity contribution in [2.24, 2.45) is 7.05 Å². The average molecular weight is 268 g/mol. The predicted octanol–water partition coefficient (Wildman–Crippen LogP) is 2.05. The SMILES string of the molecule is CN1CC(CO)=C[C@@H]2c3cccc4c3c(cn4C)C[C@H]21. The Morgan fingerprint density at radius 1 is 1.30 bits per heavy atom. The van der Waals surface area contributed by atoms with Crippen molar-refractivity contribution in [3.63, 3.8) is 0 Å². The fourth-order valence-electron chi connectivity index (χ4n) is 4.04. The highest BCUT2D eigenvalue weighted by Gasteiger charge is 2.35. The minimum absolute atomic E-state index is 0.172. The molecule has 0 unspecified atom stereocenters. The third kappa shape index (κ3) is 1.54.